The van der Waals surface area contributed by atoms with E-state index in [0.717, 1.165) is 11.5 Å². The van der Waals surface area contributed by atoms with Crippen LogP contribution >= 0.6 is 0 Å². The van der Waals surface area contributed by atoms with E-state index < -0.39 is 0 Å². The molecule has 0 amide bonds. The molecule has 0 spiro atoms. The van der Waals surface area contributed by atoms with Crippen molar-refractivity contribution in [1.82, 2.24) is 10.3 Å². The Morgan fingerprint density at radius 2 is 2.33 bits per heavy atom. The minimum Gasteiger partial charge on any atom is -0.464 e. The average molecular weight is 254 g/mol. The summed E-state index contributed by atoms with van der Waals surface area (Å²) in [4.78, 5) is 6.32. The lowest BCUT2D eigenvalue weighted by molar-refractivity contribution is 0.185. The van der Waals surface area contributed by atoms with Gasteiger partial charge in [0.1, 0.15) is 11.5 Å². The van der Waals surface area contributed by atoms with Crippen LogP contribution in [0.1, 0.15) is 18.4 Å². The molecule has 6 nitrogen and oxygen atoms in total. The summed E-state index contributed by atoms with van der Waals surface area (Å²) in [6.45, 7) is 5.04. The van der Waals surface area contributed by atoms with E-state index in [9.17, 15) is 0 Å². The SMILES string of the molecule is COCC(C)N=C(NN)N(C)Cc1ccc(C)o1. The number of aliphatic imine (C=N–C) groups is 1. The van der Waals surface area contributed by atoms with Crippen LogP contribution in [0.15, 0.2) is 21.5 Å². The molecular weight excluding hydrogens is 232 g/mol. The zero-order valence-corrected chi connectivity index (χ0v) is 11.4. The van der Waals surface area contributed by atoms with Crippen LogP contribution in [-0.2, 0) is 11.3 Å². The molecule has 102 valence electrons. The number of guanidine groups is 1. The summed E-state index contributed by atoms with van der Waals surface area (Å²) >= 11 is 0. The Hall–Kier alpha value is -1.53. The summed E-state index contributed by atoms with van der Waals surface area (Å²) < 4.78 is 10.5. The highest BCUT2D eigenvalue weighted by Gasteiger charge is 2.10. The first kappa shape index (κ1) is 14.5. The Labute approximate surface area is 108 Å². The summed E-state index contributed by atoms with van der Waals surface area (Å²) in [7, 11) is 3.55. The molecule has 0 aromatic carbocycles. The van der Waals surface area contributed by atoms with Crippen LogP contribution in [0.25, 0.3) is 0 Å². The highest BCUT2D eigenvalue weighted by atomic mass is 16.5. The molecule has 1 unspecified atom stereocenters. The fourth-order valence-electron chi connectivity index (χ4n) is 1.61. The van der Waals surface area contributed by atoms with Gasteiger partial charge in [-0.05, 0) is 26.0 Å². The molecule has 1 atom stereocenters. The topological polar surface area (TPSA) is 76.0 Å². The third kappa shape index (κ3) is 4.38. The normalized spacial score (nSPS) is 13.5. The maximum atomic E-state index is 5.51. The summed E-state index contributed by atoms with van der Waals surface area (Å²) in [6.07, 6.45) is 0. The first-order valence-electron chi connectivity index (χ1n) is 5.86. The van der Waals surface area contributed by atoms with E-state index in [1.54, 1.807) is 7.11 Å². The second kappa shape index (κ2) is 7.03. The molecule has 3 N–H and O–H groups in total. The molecular formula is C12H22N4O2. The first-order valence-corrected chi connectivity index (χ1v) is 5.86. The molecule has 0 aliphatic carbocycles. The van der Waals surface area contributed by atoms with E-state index in [1.165, 1.54) is 0 Å². The Bertz CT molecular complexity index is 389. The van der Waals surface area contributed by atoms with Crippen molar-refractivity contribution in [2.24, 2.45) is 10.8 Å². The number of methoxy groups -OCH3 is 1. The number of hydrogen-bond acceptors (Lipinski definition) is 4. The van der Waals surface area contributed by atoms with Gasteiger partial charge < -0.3 is 14.1 Å². The third-order valence-electron chi connectivity index (χ3n) is 2.43. The molecule has 1 heterocycles. The Morgan fingerprint density at radius 3 is 2.83 bits per heavy atom. The molecule has 0 radical (unpaired) electrons. The number of ether oxygens (including phenoxy) is 1. The summed E-state index contributed by atoms with van der Waals surface area (Å²) in [6, 6.07) is 3.92. The molecule has 6 heteroatoms. The predicted octanol–water partition coefficient (Wildman–Crippen LogP) is 0.874. The van der Waals surface area contributed by atoms with Crippen LogP contribution in [0.3, 0.4) is 0 Å². The second-order valence-electron chi connectivity index (χ2n) is 4.27. The molecule has 0 fully saturated rings. The smallest absolute Gasteiger partial charge is 0.208 e. The number of nitrogens with one attached hydrogen (secondary N) is 1. The lowest BCUT2D eigenvalue weighted by Crippen LogP contribution is -2.43. The summed E-state index contributed by atoms with van der Waals surface area (Å²) in [5, 5.41) is 0. The number of nitrogens with two attached hydrogens (primary N) is 1. The van der Waals surface area contributed by atoms with Crippen molar-refractivity contribution in [3.05, 3.63) is 23.7 Å². The minimum atomic E-state index is 0.0434. The number of rotatable bonds is 5. The van der Waals surface area contributed by atoms with Crippen molar-refractivity contribution in [2.75, 3.05) is 20.8 Å². The van der Waals surface area contributed by atoms with E-state index in [4.69, 9.17) is 15.0 Å². The van der Waals surface area contributed by atoms with Gasteiger partial charge in [-0.3, -0.25) is 5.43 Å². The first-order chi connectivity index (χ1) is 8.56. The van der Waals surface area contributed by atoms with Crippen LogP contribution < -0.4 is 11.3 Å². The van der Waals surface area contributed by atoms with E-state index in [0.29, 0.717) is 19.1 Å². The van der Waals surface area contributed by atoms with Crippen molar-refractivity contribution in [1.29, 1.82) is 0 Å². The van der Waals surface area contributed by atoms with Crippen LogP contribution in [0.4, 0.5) is 0 Å². The number of aryl methyl sites for hydroxylation is 1. The third-order valence-corrected chi connectivity index (χ3v) is 2.43. The van der Waals surface area contributed by atoms with Gasteiger partial charge in [0.05, 0.1) is 19.2 Å². The van der Waals surface area contributed by atoms with Crippen molar-refractivity contribution >= 4 is 5.96 Å². The Balaban J connectivity index is 2.64. The van der Waals surface area contributed by atoms with Crippen LogP contribution in [-0.4, -0.2) is 37.7 Å². The van der Waals surface area contributed by atoms with Crippen LogP contribution in [0, 0.1) is 6.92 Å². The van der Waals surface area contributed by atoms with E-state index in [-0.39, 0.29) is 6.04 Å². The van der Waals surface area contributed by atoms with Crippen LogP contribution in [0.2, 0.25) is 0 Å². The number of hydrazine groups is 1. The van der Waals surface area contributed by atoms with E-state index in [2.05, 4.69) is 10.4 Å². The average Bonchev–Trinajstić information content (AvgIpc) is 2.72. The van der Waals surface area contributed by atoms with Gasteiger partial charge in [0.2, 0.25) is 5.96 Å². The predicted molar refractivity (Wildman–Crippen MR) is 71.0 cm³/mol. The van der Waals surface area contributed by atoms with Crippen molar-refractivity contribution in [2.45, 2.75) is 26.4 Å². The number of furan rings is 1. The monoisotopic (exact) mass is 254 g/mol. The van der Waals surface area contributed by atoms with Gasteiger partial charge in [-0.1, -0.05) is 0 Å². The van der Waals surface area contributed by atoms with E-state index >= 15 is 0 Å². The lowest BCUT2D eigenvalue weighted by Gasteiger charge is -2.20. The maximum absolute atomic E-state index is 5.51. The maximum Gasteiger partial charge on any atom is 0.208 e. The molecule has 1 aromatic rings. The molecule has 1 aromatic heterocycles. The van der Waals surface area contributed by atoms with Crippen molar-refractivity contribution in [3.63, 3.8) is 0 Å². The number of nitrogens with zero attached hydrogens (tertiary/aromatic N) is 2. The van der Waals surface area contributed by atoms with Gasteiger partial charge in [-0.2, -0.15) is 0 Å². The molecule has 0 saturated carbocycles. The van der Waals surface area contributed by atoms with E-state index in [1.807, 2.05) is 37.9 Å². The minimum absolute atomic E-state index is 0.0434. The fourth-order valence-corrected chi connectivity index (χ4v) is 1.61. The summed E-state index contributed by atoms with van der Waals surface area (Å²) in [5.41, 5.74) is 2.60. The molecule has 0 aliphatic rings. The zero-order valence-electron chi connectivity index (χ0n) is 11.4. The van der Waals surface area contributed by atoms with Gasteiger partial charge in [-0.15, -0.1) is 0 Å². The van der Waals surface area contributed by atoms with Gasteiger partial charge in [0.15, 0.2) is 0 Å². The molecule has 0 bridgehead atoms. The molecule has 18 heavy (non-hydrogen) atoms. The molecule has 0 saturated heterocycles. The molecule has 0 aliphatic heterocycles. The standard InChI is InChI=1S/C12H22N4O2/c1-9(8-17-4)14-12(15-13)16(3)7-11-6-5-10(2)18-11/h5-6,9H,7-8,13H2,1-4H3,(H,14,15). The lowest BCUT2D eigenvalue weighted by atomic mass is 10.4. The summed E-state index contributed by atoms with van der Waals surface area (Å²) in [5.74, 6) is 7.85. The molecule has 1 rings (SSSR count). The van der Waals surface area contributed by atoms with Crippen LogP contribution in [0.5, 0.6) is 0 Å². The second-order valence-corrected chi connectivity index (χ2v) is 4.27. The number of hydrogen-bond donors (Lipinski definition) is 2. The fraction of sp³-hybridized carbons (Fsp3) is 0.583. The van der Waals surface area contributed by atoms with Gasteiger partial charge in [-0.25, -0.2) is 10.8 Å². The van der Waals surface area contributed by atoms with Crippen molar-refractivity contribution in [3.8, 4) is 0 Å². The quantitative estimate of drug-likeness (QED) is 0.353. The Kier molecular flexibility index (Phi) is 5.67. The van der Waals surface area contributed by atoms with Gasteiger partial charge >= 0.3 is 0 Å². The zero-order chi connectivity index (χ0) is 13.5. The highest BCUT2D eigenvalue weighted by Crippen LogP contribution is 2.08. The largest absolute Gasteiger partial charge is 0.464 e. The van der Waals surface area contributed by atoms with Gasteiger partial charge in [0.25, 0.3) is 0 Å². The van der Waals surface area contributed by atoms with Gasteiger partial charge in [0, 0.05) is 14.2 Å². The Morgan fingerprint density at radius 1 is 1.61 bits per heavy atom. The van der Waals surface area contributed by atoms with Crippen molar-refractivity contribution < 1.29 is 9.15 Å². The highest BCUT2D eigenvalue weighted by molar-refractivity contribution is 5.79.